The molecular formula is C31H54N4+4. The highest BCUT2D eigenvalue weighted by atomic mass is 14.9. The summed E-state index contributed by atoms with van der Waals surface area (Å²) in [6, 6.07) is 20.4. The van der Waals surface area contributed by atoms with Crippen molar-refractivity contribution >= 4 is 0 Å². The van der Waals surface area contributed by atoms with Gasteiger partial charge in [-0.25, -0.2) is 18.3 Å². The number of aromatic nitrogens is 4. The molecule has 194 valence electrons. The van der Waals surface area contributed by atoms with E-state index in [1.807, 2.05) is 115 Å². The monoisotopic (exact) mass is 482 g/mol. The van der Waals surface area contributed by atoms with Gasteiger partial charge in [-0.05, 0) is 25.5 Å². The van der Waals surface area contributed by atoms with Crippen LogP contribution in [0.25, 0.3) is 0 Å². The molecule has 4 heteroatoms. The van der Waals surface area contributed by atoms with Gasteiger partial charge in [0.2, 0.25) is 0 Å². The first-order chi connectivity index (χ1) is 14.8. The second-order valence-electron chi connectivity index (χ2n) is 7.58. The molecule has 0 aliphatic carbocycles. The molecule has 0 N–H and O–H groups in total. The van der Waals surface area contributed by atoms with Crippen molar-refractivity contribution in [3.63, 3.8) is 0 Å². The molecule has 4 aromatic heterocycles. The van der Waals surface area contributed by atoms with E-state index in [4.69, 9.17) is 0 Å². The summed E-state index contributed by atoms with van der Waals surface area (Å²) in [5.41, 5.74) is 3.89. The van der Waals surface area contributed by atoms with Gasteiger partial charge in [-0.15, -0.1) is 0 Å². The summed E-state index contributed by atoms with van der Waals surface area (Å²) in [6.45, 7) is 6.25. The van der Waals surface area contributed by atoms with Gasteiger partial charge in [-0.1, -0.05) is 41.8 Å². The number of pyridine rings is 4. The highest BCUT2D eigenvalue weighted by Gasteiger charge is 1.92. The molecule has 0 fully saturated rings. The summed E-state index contributed by atoms with van der Waals surface area (Å²) < 4.78 is 8.14. The molecule has 4 rings (SSSR count). The maximum Gasteiger partial charge on any atom is 0.177 e. The quantitative estimate of drug-likeness (QED) is 0.294. The molecule has 0 amide bonds. The Hall–Kier alpha value is -3.40. The zero-order chi connectivity index (χ0) is 23.1. The van der Waals surface area contributed by atoms with Crippen molar-refractivity contribution in [2.24, 2.45) is 28.2 Å². The Labute approximate surface area is 217 Å². The van der Waals surface area contributed by atoms with Gasteiger partial charge in [0.25, 0.3) is 0 Å². The van der Waals surface area contributed by atoms with E-state index < -0.39 is 0 Å². The first-order valence-corrected chi connectivity index (χ1v) is 10.4. The summed E-state index contributed by atoms with van der Waals surface area (Å²) in [5, 5.41) is 0. The lowest BCUT2D eigenvalue weighted by molar-refractivity contribution is -0.677. The Kier molecular flexibility index (Phi) is 24.9. The third-order valence-electron chi connectivity index (χ3n) is 4.41. The van der Waals surface area contributed by atoms with E-state index in [0.717, 1.165) is 0 Å². The third-order valence-corrected chi connectivity index (χ3v) is 4.41. The smallest absolute Gasteiger partial charge is 0.177 e. The maximum atomic E-state index is 2.08. The van der Waals surface area contributed by atoms with Gasteiger partial charge >= 0.3 is 0 Å². The molecule has 0 saturated heterocycles. The summed E-state index contributed by atoms with van der Waals surface area (Å²) in [6.07, 6.45) is 14.2. The van der Waals surface area contributed by atoms with Gasteiger partial charge < -0.3 is 0 Å². The number of aryl methyl sites for hydroxylation is 7. The molecule has 0 bridgehead atoms. The Balaban J connectivity index is -0.000000177. The van der Waals surface area contributed by atoms with Gasteiger partial charge in [0.05, 0.1) is 0 Å². The molecule has 0 spiro atoms. The van der Waals surface area contributed by atoms with E-state index in [1.54, 1.807) is 0 Å². The zero-order valence-corrected chi connectivity index (χ0v) is 20.1. The highest BCUT2D eigenvalue weighted by Crippen LogP contribution is 1.88. The molecule has 0 saturated carbocycles. The Morgan fingerprint density at radius 2 is 0.914 bits per heavy atom. The fourth-order valence-electron chi connectivity index (χ4n) is 2.41. The normalized spacial score (nSPS) is 8.09. The minimum Gasteiger partial charge on any atom is -0.208 e. The minimum absolute atomic E-state index is 0. The zero-order valence-electron chi connectivity index (χ0n) is 20.1. The van der Waals surface area contributed by atoms with E-state index >= 15 is 0 Å². The number of rotatable bonds is 0. The van der Waals surface area contributed by atoms with Crippen LogP contribution >= 0.6 is 0 Å². The SMILES string of the molecule is C.C.C.C.C[n+]1ccccc1.Cc1cc[n+](C)cc1.Cc1ccc[n+](C)c1.Cc1cccc[n+]1C. The molecule has 0 aromatic carbocycles. The minimum atomic E-state index is 0. The van der Waals surface area contributed by atoms with Gasteiger partial charge in [0.1, 0.15) is 28.2 Å². The molecule has 0 aliphatic heterocycles. The van der Waals surface area contributed by atoms with Crippen LogP contribution in [0.2, 0.25) is 0 Å². The average molecular weight is 483 g/mol. The summed E-state index contributed by atoms with van der Waals surface area (Å²) in [4.78, 5) is 0. The first-order valence-electron chi connectivity index (χ1n) is 10.4. The van der Waals surface area contributed by atoms with Crippen molar-refractivity contribution in [1.82, 2.24) is 0 Å². The van der Waals surface area contributed by atoms with Crippen molar-refractivity contribution in [3.8, 4) is 0 Å². The number of hydrogen-bond acceptors (Lipinski definition) is 0. The molecule has 4 aromatic rings. The summed E-state index contributed by atoms with van der Waals surface area (Å²) >= 11 is 0. The van der Waals surface area contributed by atoms with E-state index in [1.165, 1.54) is 16.8 Å². The van der Waals surface area contributed by atoms with Crippen LogP contribution in [-0.4, -0.2) is 0 Å². The third kappa shape index (κ3) is 19.7. The fourth-order valence-corrected chi connectivity index (χ4v) is 2.41. The summed E-state index contributed by atoms with van der Waals surface area (Å²) in [5.74, 6) is 0. The van der Waals surface area contributed by atoms with Crippen molar-refractivity contribution < 1.29 is 18.3 Å². The lowest BCUT2D eigenvalue weighted by Gasteiger charge is -1.87. The lowest BCUT2D eigenvalue weighted by atomic mass is 10.3. The lowest BCUT2D eigenvalue weighted by Crippen LogP contribution is -2.30. The van der Waals surface area contributed by atoms with Crippen LogP contribution < -0.4 is 18.3 Å². The predicted octanol–water partition coefficient (Wildman–Crippen LogP) is 5.51. The molecule has 0 atom stereocenters. The number of nitrogens with zero attached hydrogens (tertiary/aromatic N) is 4. The molecule has 0 aliphatic rings. The van der Waals surface area contributed by atoms with Crippen molar-refractivity contribution in [2.45, 2.75) is 50.5 Å². The molecule has 0 unspecified atom stereocenters. The van der Waals surface area contributed by atoms with Crippen molar-refractivity contribution in [3.05, 3.63) is 121 Å². The van der Waals surface area contributed by atoms with E-state index in [9.17, 15) is 0 Å². The van der Waals surface area contributed by atoms with Crippen molar-refractivity contribution in [1.29, 1.82) is 0 Å². The second kappa shape index (κ2) is 22.4. The van der Waals surface area contributed by atoms with E-state index in [2.05, 4.69) is 55.8 Å². The highest BCUT2D eigenvalue weighted by molar-refractivity contribution is 5.03. The Bertz CT molecular complexity index is 938. The second-order valence-corrected chi connectivity index (χ2v) is 7.58. The van der Waals surface area contributed by atoms with Crippen LogP contribution in [0.15, 0.2) is 104 Å². The largest absolute Gasteiger partial charge is 0.208 e. The van der Waals surface area contributed by atoms with Gasteiger partial charge in [-0.2, -0.15) is 0 Å². The predicted molar refractivity (Wildman–Crippen MR) is 152 cm³/mol. The van der Waals surface area contributed by atoms with Crippen molar-refractivity contribution in [2.75, 3.05) is 0 Å². The van der Waals surface area contributed by atoms with Crippen LogP contribution in [0.5, 0.6) is 0 Å². The van der Waals surface area contributed by atoms with Gasteiger partial charge in [-0.3, -0.25) is 0 Å². The maximum absolute atomic E-state index is 2.08. The summed E-state index contributed by atoms with van der Waals surface area (Å²) in [7, 11) is 8.07. The molecule has 4 heterocycles. The van der Waals surface area contributed by atoms with Gasteiger partial charge in [0.15, 0.2) is 49.1 Å². The van der Waals surface area contributed by atoms with Crippen LogP contribution in [0.4, 0.5) is 0 Å². The fraction of sp³-hybridized carbons (Fsp3) is 0.355. The molecule has 35 heavy (non-hydrogen) atoms. The van der Waals surface area contributed by atoms with Crippen LogP contribution in [0.1, 0.15) is 46.5 Å². The molecular weight excluding hydrogens is 428 g/mol. The van der Waals surface area contributed by atoms with E-state index in [-0.39, 0.29) is 29.7 Å². The number of hydrogen-bond donors (Lipinski definition) is 0. The Morgan fingerprint density at radius 3 is 1.23 bits per heavy atom. The average Bonchev–Trinajstić information content (AvgIpc) is 2.74. The topological polar surface area (TPSA) is 15.5 Å². The first kappa shape index (κ1) is 38.8. The molecule has 4 nitrogen and oxygen atoms in total. The van der Waals surface area contributed by atoms with E-state index in [0.29, 0.717) is 0 Å². The van der Waals surface area contributed by atoms with Crippen LogP contribution in [0, 0.1) is 20.8 Å². The standard InChI is InChI=1S/3C7H10N.C6H8N.4CH4/c1-7-3-5-8(2)6-4-7;1-7-4-3-5-8(2)6-7;1-7-5-3-4-6-8(7)2;1-7-5-3-2-4-6-7;;;;/h3*3-6H,1-2H3;2-6H,1H3;4*1H4/q4*+1;;;;. The Morgan fingerprint density at radius 1 is 0.429 bits per heavy atom. The van der Waals surface area contributed by atoms with Crippen LogP contribution in [-0.2, 0) is 28.2 Å². The van der Waals surface area contributed by atoms with Crippen LogP contribution in [0.3, 0.4) is 0 Å². The molecule has 0 radical (unpaired) electrons. The van der Waals surface area contributed by atoms with Gasteiger partial charge in [0, 0.05) is 55.0 Å².